The van der Waals surface area contributed by atoms with Crippen molar-refractivity contribution in [2.75, 3.05) is 12.4 Å². The summed E-state index contributed by atoms with van der Waals surface area (Å²) in [5.74, 6) is -0.668. The number of nitrogens with one attached hydrogen (secondary N) is 1. The Bertz CT molecular complexity index is 674. The lowest BCUT2D eigenvalue weighted by atomic mass is 10.2. The summed E-state index contributed by atoms with van der Waals surface area (Å²) in [6.45, 7) is 1.91. The summed E-state index contributed by atoms with van der Waals surface area (Å²) >= 11 is 1.53. The second-order valence-corrected chi connectivity index (χ2v) is 5.25. The van der Waals surface area contributed by atoms with Crippen molar-refractivity contribution in [1.82, 2.24) is 4.98 Å². The maximum Gasteiger partial charge on any atom is 0.337 e. The molecule has 1 aromatic carbocycles. The average molecular weight is 302 g/mol. The van der Waals surface area contributed by atoms with Gasteiger partial charge in [0.2, 0.25) is 5.91 Å². The molecule has 5 nitrogen and oxygen atoms in total. The fourth-order valence-electron chi connectivity index (χ4n) is 1.61. The van der Waals surface area contributed by atoms with E-state index in [-0.39, 0.29) is 5.91 Å². The standard InChI is InChI=1S/C15H14N2O3S/c1-10-16-13(9-21-10)7-8-14(18)17-12-5-3-11(4-6-12)15(19)20-2/h3-9H,1-2H3,(H,17,18)/b8-7+. The van der Waals surface area contributed by atoms with E-state index in [2.05, 4.69) is 15.0 Å². The first-order chi connectivity index (χ1) is 10.1. The van der Waals surface area contributed by atoms with Gasteiger partial charge in [-0.15, -0.1) is 11.3 Å². The first kappa shape index (κ1) is 14.9. The number of thiazole rings is 1. The van der Waals surface area contributed by atoms with Crippen molar-refractivity contribution >= 4 is 35.0 Å². The van der Waals surface area contributed by atoms with E-state index in [4.69, 9.17) is 0 Å². The molecular formula is C15H14N2O3S. The molecule has 0 fully saturated rings. The first-order valence-electron chi connectivity index (χ1n) is 6.18. The van der Waals surface area contributed by atoms with Gasteiger partial charge in [0.05, 0.1) is 23.4 Å². The van der Waals surface area contributed by atoms with Gasteiger partial charge in [-0.3, -0.25) is 4.79 Å². The number of carbonyl (C=O) groups is 2. The number of ether oxygens (including phenoxy) is 1. The zero-order valence-electron chi connectivity index (χ0n) is 11.6. The minimum Gasteiger partial charge on any atom is -0.465 e. The molecule has 0 saturated carbocycles. The van der Waals surface area contributed by atoms with E-state index in [9.17, 15) is 9.59 Å². The van der Waals surface area contributed by atoms with Crippen LogP contribution in [0.3, 0.4) is 0 Å². The number of esters is 1. The molecule has 1 heterocycles. The Hall–Kier alpha value is -2.47. The number of hydrogen-bond acceptors (Lipinski definition) is 5. The number of aryl methyl sites for hydroxylation is 1. The number of nitrogens with zero attached hydrogens (tertiary/aromatic N) is 1. The Morgan fingerprint density at radius 3 is 2.57 bits per heavy atom. The Balaban J connectivity index is 1.96. The summed E-state index contributed by atoms with van der Waals surface area (Å²) in [5, 5.41) is 5.53. The maximum absolute atomic E-state index is 11.8. The van der Waals surface area contributed by atoms with Crippen molar-refractivity contribution < 1.29 is 14.3 Å². The molecule has 0 aliphatic rings. The molecular weight excluding hydrogens is 288 g/mol. The molecule has 21 heavy (non-hydrogen) atoms. The van der Waals surface area contributed by atoms with Crippen molar-refractivity contribution in [3.05, 3.63) is 52.0 Å². The second kappa shape index (κ2) is 6.81. The Morgan fingerprint density at radius 2 is 2.00 bits per heavy atom. The van der Waals surface area contributed by atoms with Crippen LogP contribution in [0.15, 0.2) is 35.7 Å². The Morgan fingerprint density at radius 1 is 1.29 bits per heavy atom. The van der Waals surface area contributed by atoms with Crippen LogP contribution in [-0.4, -0.2) is 24.0 Å². The highest BCUT2D eigenvalue weighted by Crippen LogP contribution is 2.12. The molecule has 0 saturated heterocycles. The van der Waals surface area contributed by atoms with E-state index >= 15 is 0 Å². The minimum atomic E-state index is -0.410. The van der Waals surface area contributed by atoms with Crippen LogP contribution in [0.4, 0.5) is 5.69 Å². The SMILES string of the molecule is COC(=O)c1ccc(NC(=O)/C=C/c2csc(C)n2)cc1. The largest absolute Gasteiger partial charge is 0.465 e. The van der Waals surface area contributed by atoms with E-state index in [1.165, 1.54) is 24.5 Å². The molecule has 0 atom stereocenters. The van der Waals surface area contributed by atoms with Gasteiger partial charge in [-0.1, -0.05) is 0 Å². The van der Waals surface area contributed by atoms with Gasteiger partial charge >= 0.3 is 5.97 Å². The Kier molecular flexibility index (Phi) is 4.84. The fourth-order valence-corrected chi connectivity index (χ4v) is 2.19. The number of anilines is 1. The molecule has 0 aliphatic heterocycles. The van der Waals surface area contributed by atoms with E-state index in [1.807, 2.05) is 12.3 Å². The van der Waals surface area contributed by atoms with Gasteiger partial charge in [0.15, 0.2) is 0 Å². The van der Waals surface area contributed by atoms with Gasteiger partial charge in [0, 0.05) is 17.1 Å². The number of hydrogen-bond donors (Lipinski definition) is 1. The lowest BCUT2D eigenvalue weighted by Gasteiger charge is -2.03. The van der Waals surface area contributed by atoms with E-state index in [0.717, 1.165) is 10.7 Å². The molecule has 2 aromatic rings. The lowest BCUT2D eigenvalue weighted by molar-refractivity contribution is -0.111. The van der Waals surface area contributed by atoms with Crippen LogP contribution in [0.2, 0.25) is 0 Å². The number of benzene rings is 1. The number of methoxy groups -OCH3 is 1. The topological polar surface area (TPSA) is 68.3 Å². The fraction of sp³-hybridized carbons (Fsp3) is 0.133. The predicted molar refractivity (Wildman–Crippen MR) is 82.3 cm³/mol. The highest BCUT2D eigenvalue weighted by Gasteiger charge is 2.05. The number of carbonyl (C=O) groups excluding carboxylic acids is 2. The summed E-state index contributed by atoms with van der Waals surface area (Å²) in [4.78, 5) is 27.3. The van der Waals surface area contributed by atoms with Crippen LogP contribution in [-0.2, 0) is 9.53 Å². The van der Waals surface area contributed by atoms with Crippen molar-refractivity contribution in [1.29, 1.82) is 0 Å². The smallest absolute Gasteiger partial charge is 0.337 e. The molecule has 2 rings (SSSR count). The van der Waals surface area contributed by atoms with Crippen LogP contribution >= 0.6 is 11.3 Å². The van der Waals surface area contributed by atoms with Crippen molar-refractivity contribution in [3.63, 3.8) is 0 Å². The summed E-state index contributed by atoms with van der Waals surface area (Å²) < 4.78 is 4.60. The second-order valence-electron chi connectivity index (χ2n) is 4.18. The zero-order valence-corrected chi connectivity index (χ0v) is 12.4. The third-order valence-electron chi connectivity index (χ3n) is 2.62. The summed E-state index contributed by atoms with van der Waals surface area (Å²) in [6.07, 6.45) is 3.07. The molecule has 1 aromatic heterocycles. The summed E-state index contributed by atoms with van der Waals surface area (Å²) in [6, 6.07) is 6.47. The van der Waals surface area contributed by atoms with E-state index in [0.29, 0.717) is 11.3 Å². The predicted octanol–water partition coefficient (Wildman–Crippen LogP) is 2.89. The van der Waals surface area contributed by atoms with Crippen molar-refractivity contribution in [3.8, 4) is 0 Å². The van der Waals surface area contributed by atoms with Crippen LogP contribution in [0.1, 0.15) is 21.1 Å². The van der Waals surface area contributed by atoms with E-state index in [1.54, 1.807) is 30.3 Å². The normalized spacial score (nSPS) is 10.6. The van der Waals surface area contributed by atoms with Crippen LogP contribution in [0.5, 0.6) is 0 Å². The highest BCUT2D eigenvalue weighted by molar-refractivity contribution is 7.09. The van der Waals surface area contributed by atoms with Gasteiger partial charge < -0.3 is 10.1 Å². The van der Waals surface area contributed by atoms with Gasteiger partial charge in [0.1, 0.15) is 0 Å². The maximum atomic E-state index is 11.8. The van der Waals surface area contributed by atoms with Crippen LogP contribution < -0.4 is 5.32 Å². The van der Waals surface area contributed by atoms with Gasteiger partial charge in [-0.05, 0) is 37.3 Å². The lowest BCUT2D eigenvalue weighted by Crippen LogP contribution is -2.08. The van der Waals surface area contributed by atoms with Crippen LogP contribution in [0.25, 0.3) is 6.08 Å². The Labute approximate surface area is 126 Å². The first-order valence-corrected chi connectivity index (χ1v) is 7.06. The molecule has 0 bridgehead atoms. The third-order valence-corrected chi connectivity index (χ3v) is 3.41. The van der Waals surface area contributed by atoms with Gasteiger partial charge in [0.25, 0.3) is 0 Å². The third kappa shape index (κ3) is 4.25. The molecule has 0 aliphatic carbocycles. The van der Waals surface area contributed by atoms with Gasteiger partial charge in [-0.2, -0.15) is 0 Å². The van der Waals surface area contributed by atoms with Crippen molar-refractivity contribution in [2.24, 2.45) is 0 Å². The number of rotatable bonds is 4. The minimum absolute atomic E-state index is 0.258. The average Bonchev–Trinajstić information content (AvgIpc) is 2.91. The van der Waals surface area contributed by atoms with Crippen molar-refractivity contribution in [2.45, 2.75) is 6.92 Å². The molecule has 0 unspecified atom stereocenters. The monoisotopic (exact) mass is 302 g/mol. The molecule has 1 amide bonds. The quantitative estimate of drug-likeness (QED) is 0.696. The van der Waals surface area contributed by atoms with Crippen LogP contribution in [0, 0.1) is 6.92 Å². The molecule has 6 heteroatoms. The number of amides is 1. The zero-order chi connectivity index (χ0) is 15.2. The molecule has 108 valence electrons. The summed E-state index contributed by atoms with van der Waals surface area (Å²) in [5.41, 5.74) is 1.80. The highest BCUT2D eigenvalue weighted by atomic mass is 32.1. The molecule has 1 N–H and O–H groups in total. The van der Waals surface area contributed by atoms with E-state index < -0.39 is 5.97 Å². The molecule has 0 radical (unpaired) electrons. The van der Waals surface area contributed by atoms with Gasteiger partial charge in [-0.25, -0.2) is 9.78 Å². The number of aromatic nitrogens is 1. The molecule has 0 spiro atoms. The summed E-state index contributed by atoms with van der Waals surface area (Å²) in [7, 11) is 1.32.